The van der Waals surface area contributed by atoms with Crippen molar-refractivity contribution < 1.29 is 14.4 Å². The Morgan fingerprint density at radius 3 is 2.22 bits per heavy atom. The maximum atomic E-state index is 13.7. The van der Waals surface area contributed by atoms with Crippen molar-refractivity contribution in [2.24, 2.45) is 0 Å². The number of aromatic nitrogens is 1. The molecule has 2 N–H and O–H groups in total. The Morgan fingerprint density at radius 1 is 0.784 bits per heavy atom. The summed E-state index contributed by atoms with van der Waals surface area (Å²) in [6.45, 7) is 0. The highest BCUT2D eigenvalue weighted by atomic mass is 16.2. The first-order valence-corrected chi connectivity index (χ1v) is 12.0. The predicted molar refractivity (Wildman–Crippen MR) is 145 cm³/mol. The van der Waals surface area contributed by atoms with Crippen LogP contribution in [0.1, 0.15) is 32.0 Å². The first-order valence-electron chi connectivity index (χ1n) is 12.0. The molecule has 2 aromatic heterocycles. The van der Waals surface area contributed by atoms with Crippen LogP contribution in [0.2, 0.25) is 0 Å². The van der Waals surface area contributed by atoms with Gasteiger partial charge in [-0.1, -0.05) is 72.8 Å². The van der Waals surface area contributed by atoms with E-state index < -0.39 is 11.7 Å². The van der Waals surface area contributed by atoms with Crippen molar-refractivity contribution in [1.29, 1.82) is 0 Å². The number of ketones is 1. The van der Waals surface area contributed by atoms with Crippen LogP contribution >= 0.6 is 0 Å². The third-order valence-corrected chi connectivity index (χ3v) is 6.31. The number of rotatable bonds is 7. The second kappa shape index (κ2) is 10.3. The van der Waals surface area contributed by atoms with Gasteiger partial charge >= 0.3 is 0 Å². The first kappa shape index (κ1) is 23.8. The number of benzene rings is 3. The minimum atomic E-state index is -0.774. The van der Waals surface area contributed by atoms with Crippen molar-refractivity contribution in [2.75, 3.05) is 12.4 Å². The molecule has 0 aliphatic heterocycles. The molecule has 182 valence electrons. The largest absolute Gasteiger partial charge is 0.355 e. The molecule has 0 aliphatic carbocycles. The summed E-state index contributed by atoms with van der Waals surface area (Å²) < 4.78 is 1.73. The number of carbonyl (C=O) groups excluding carboxylic acids is 3. The first-order chi connectivity index (χ1) is 18.1. The van der Waals surface area contributed by atoms with Gasteiger partial charge in [0, 0.05) is 42.0 Å². The third-order valence-electron chi connectivity index (χ3n) is 6.31. The van der Waals surface area contributed by atoms with Crippen molar-refractivity contribution in [1.82, 2.24) is 9.72 Å². The number of pyridine rings is 1. The number of amides is 2. The smallest absolute Gasteiger partial charge is 0.298 e. The van der Waals surface area contributed by atoms with E-state index in [-0.39, 0.29) is 11.6 Å². The molecular weight excluding hydrogens is 462 g/mol. The zero-order valence-electron chi connectivity index (χ0n) is 20.3. The lowest BCUT2D eigenvalue weighted by molar-refractivity contribution is -0.112. The SMILES string of the molecule is CNC(=O)c1cccc(NC(=O)C(=O)c2c(-c3ccccc3)cc3ccccn23)c1Cc1ccccc1. The molecule has 0 unspecified atom stereocenters. The van der Waals surface area contributed by atoms with Crippen molar-refractivity contribution in [2.45, 2.75) is 6.42 Å². The van der Waals surface area contributed by atoms with Crippen LogP contribution in [-0.4, -0.2) is 29.0 Å². The van der Waals surface area contributed by atoms with E-state index in [4.69, 9.17) is 0 Å². The summed E-state index contributed by atoms with van der Waals surface area (Å²) in [6.07, 6.45) is 2.19. The topological polar surface area (TPSA) is 79.7 Å². The number of nitrogens with zero attached hydrogens (tertiary/aromatic N) is 1. The maximum absolute atomic E-state index is 13.7. The Hall–Kier alpha value is -4.97. The van der Waals surface area contributed by atoms with Gasteiger partial charge in [0.05, 0.1) is 0 Å². The third kappa shape index (κ3) is 4.77. The van der Waals surface area contributed by atoms with Gasteiger partial charge in [0.25, 0.3) is 17.6 Å². The zero-order chi connectivity index (χ0) is 25.8. The molecule has 0 radical (unpaired) electrons. The fourth-order valence-corrected chi connectivity index (χ4v) is 4.52. The molecule has 0 aliphatic rings. The molecule has 5 aromatic rings. The van der Waals surface area contributed by atoms with Crippen LogP contribution in [0.25, 0.3) is 16.6 Å². The molecule has 0 saturated carbocycles. The van der Waals surface area contributed by atoms with Gasteiger partial charge in [0.1, 0.15) is 5.69 Å². The average molecular weight is 488 g/mol. The molecule has 6 nitrogen and oxygen atoms in total. The van der Waals surface area contributed by atoms with E-state index in [1.165, 1.54) is 0 Å². The number of Topliss-reactive ketones (excluding diaryl/α,β-unsaturated/α-hetero) is 1. The molecule has 0 saturated heterocycles. The van der Waals surface area contributed by atoms with Crippen LogP contribution in [0.5, 0.6) is 0 Å². The van der Waals surface area contributed by atoms with E-state index in [0.29, 0.717) is 28.8 Å². The molecule has 6 heteroatoms. The number of fused-ring (bicyclic) bond motifs is 1. The second-order valence-corrected chi connectivity index (χ2v) is 8.62. The zero-order valence-corrected chi connectivity index (χ0v) is 20.3. The van der Waals surface area contributed by atoms with Crippen LogP contribution in [0.4, 0.5) is 5.69 Å². The number of carbonyl (C=O) groups is 3. The Kier molecular flexibility index (Phi) is 6.64. The molecule has 0 bridgehead atoms. The lowest BCUT2D eigenvalue weighted by Gasteiger charge is -2.15. The summed E-state index contributed by atoms with van der Waals surface area (Å²) in [5.74, 6) is -1.71. The van der Waals surface area contributed by atoms with Gasteiger partial charge < -0.3 is 15.0 Å². The highest BCUT2D eigenvalue weighted by Gasteiger charge is 2.26. The fraction of sp³-hybridized carbons (Fsp3) is 0.0645. The van der Waals surface area contributed by atoms with E-state index in [9.17, 15) is 14.4 Å². The van der Waals surface area contributed by atoms with Crippen molar-refractivity contribution >= 4 is 28.8 Å². The highest BCUT2D eigenvalue weighted by molar-refractivity contribution is 6.47. The average Bonchev–Trinajstić information content (AvgIpc) is 3.33. The van der Waals surface area contributed by atoms with Crippen LogP contribution in [0.15, 0.2) is 109 Å². The van der Waals surface area contributed by atoms with Gasteiger partial charge in [0.15, 0.2) is 0 Å². The summed E-state index contributed by atoms with van der Waals surface area (Å²) in [5, 5.41) is 5.46. The van der Waals surface area contributed by atoms with Crippen LogP contribution < -0.4 is 10.6 Å². The Bertz CT molecular complexity index is 1610. The van der Waals surface area contributed by atoms with Crippen LogP contribution in [-0.2, 0) is 11.2 Å². The van der Waals surface area contributed by atoms with Crippen LogP contribution in [0, 0.1) is 0 Å². The molecule has 37 heavy (non-hydrogen) atoms. The fourth-order valence-electron chi connectivity index (χ4n) is 4.52. The minimum absolute atomic E-state index is 0.266. The lowest BCUT2D eigenvalue weighted by Crippen LogP contribution is -2.26. The van der Waals surface area contributed by atoms with Gasteiger partial charge in [0.2, 0.25) is 0 Å². The number of hydrogen-bond acceptors (Lipinski definition) is 3. The summed E-state index contributed by atoms with van der Waals surface area (Å²) in [7, 11) is 1.56. The molecule has 3 aromatic carbocycles. The normalized spacial score (nSPS) is 10.7. The van der Waals surface area contributed by atoms with Gasteiger partial charge in [-0.3, -0.25) is 14.4 Å². The van der Waals surface area contributed by atoms with Crippen LogP contribution in [0.3, 0.4) is 0 Å². The Labute approximate surface area is 214 Å². The van der Waals surface area contributed by atoms with E-state index in [0.717, 1.165) is 16.6 Å². The molecule has 0 fully saturated rings. The van der Waals surface area contributed by atoms with Crippen molar-refractivity contribution in [3.8, 4) is 11.1 Å². The van der Waals surface area contributed by atoms with Crippen molar-refractivity contribution in [3.05, 3.63) is 132 Å². The lowest BCUT2D eigenvalue weighted by atomic mass is 9.97. The maximum Gasteiger partial charge on any atom is 0.298 e. The van der Waals surface area contributed by atoms with Gasteiger partial charge in [-0.05, 0) is 47.0 Å². The summed E-state index contributed by atoms with van der Waals surface area (Å²) in [6, 6.07) is 31.8. The summed E-state index contributed by atoms with van der Waals surface area (Å²) >= 11 is 0. The number of hydrogen-bond donors (Lipinski definition) is 2. The van der Waals surface area contributed by atoms with E-state index >= 15 is 0 Å². The van der Waals surface area contributed by atoms with E-state index in [2.05, 4.69) is 10.6 Å². The Morgan fingerprint density at radius 2 is 1.49 bits per heavy atom. The molecule has 2 amide bonds. The van der Waals surface area contributed by atoms with Crippen molar-refractivity contribution in [3.63, 3.8) is 0 Å². The minimum Gasteiger partial charge on any atom is -0.355 e. The van der Waals surface area contributed by atoms with E-state index in [1.54, 1.807) is 35.8 Å². The molecule has 0 spiro atoms. The Balaban J connectivity index is 1.54. The summed E-state index contributed by atoms with van der Waals surface area (Å²) in [5.41, 5.74) is 5.09. The predicted octanol–water partition coefficient (Wildman–Crippen LogP) is 5.38. The standard InChI is InChI=1S/C31H25N3O3/c1-32-30(36)24-16-10-17-27(26(24)19-21-11-4-2-5-12-21)33-31(37)29(35)28-25(22-13-6-3-7-14-22)20-23-15-8-9-18-34(23)28/h2-18,20H,19H2,1H3,(H,32,36)(H,33,37). The summed E-state index contributed by atoms with van der Waals surface area (Å²) in [4.78, 5) is 39.7. The second-order valence-electron chi connectivity index (χ2n) is 8.62. The molecular formula is C31H25N3O3. The monoisotopic (exact) mass is 487 g/mol. The van der Waals surface area contributed by atoms with Gasteiger partial charge in [-0.25, -0.2) is 0 Å². The number of nitrogens with one attached hydrogen (secondary N) is 2. The molecule has 0 atom stereocenters. The number of anilines is 1. The molecule has 5 rings (SSSR count). The highest BCUT2D eigenvalue weighted by Crippen LogP contribution is 2.29. The van der Waals surface area contributed by atoms with E-state index in [1.807, 2.05) is 84.9 Å². The molecule has 2 heterocycles. The van der Waals surface area contributed by atoms with Gasteiger partial charge in [-0.2, -0.15) is 0 Å². The van der Waals surface area contributed by atoms with Gasteiger partial charge in [-0.15, -0.1) is 0 Å². The quantitative estimate of drug-likeness (QED) is 0.239.